The molecule has 0 heterocycles. The van der Waals surface area contributed by atoms with E-state index in [1.807, 2.05) is 38.1 Å². The van der Waals surface area contributed by atoms with Crippen LogP contribution >= 0.6 is 15.9 Å². The molecule has 0 saturated carbocycles. The number of rotatable bonds is 4. The first-order valence-corrected chi connectivity index (χ1v) is 7.03. The van der Waals surface area contributed by atoms with E-state index in [9.17, 15) is 10.1 Å². The van der Waals surface area contributed by atoms with E-state index in [1.54, 1.807) is 12.1 Å². The number of hydrogen-bond acceptors (Lipinski definition) is 3. The Balaban J connectivity index is 2.27. The van der Waals surface area contributed by atoms with E-state index in [-0.39, 0.29) is 16.7 Å². The summed E-state index contributed by atoms with van der Waals surface area (Å²) in [6, 6.07) is 13.0. The van der Waals surface area contributed by atoms with Gasteiger partial charge in [0.1, 0.15) is 5.69 Å². The van der Waals surface area contributed by atoms with E-state index in [0.29, 0.717) is 5.69 Å². The largest absolute Gasteiger partial charge is 0.373 e. The number of nitro benzene ring substituents is 1. The zero-order chi connectivity index (χ0) is 14.7. The van der Waals surface area contributed by atoms with Crippen LogP contribution in [0.5, 0.6) is 0 Å². The molecule has 2 aromatic rings. The maximum absolute atomic E-state index is 11.0. The van der Waals surface area contributed by atoms with Crippen LogP contribution in [0, 0.1) is 17.0 Å². The van der Waals surface area contributed by atoms with Crippen LogP contribution in [0.1, 0.15) is 24.1 Å². The standard InChI is InChI=1S/C15H15BrN2O2/c1-10-3-5-12(6-4-10)11(2)17-14-9-13(16)7-8-15(14)18(19)20/h3-9,11,17H,1-2H3. The summed E-state index contributed by atoms with van der Waals surface area (Å²) in [5.41, 5.74) is 2.86. The van der Waals surface area contributed by atoms with Crippen molar-refractivity contribution >= 4 is 27.3 Å². The summed E-state index contributed by atoms with van der Waals surface area (Å²) in [4.78, 5) is 10.7. The van der Waals surface area contributed by atoms with Crippen molar-refractivity contribution in [3.8, 4) is 0 Å². The van der Waals surface area contributed by atoms with Crippen LogP contribution in [0.4, 0.5) is 11.4 Å². The molecule has 0 amide bonds. The molecule has 0 aliphatic rings. The molecular weight excluding hydrogens is 320 g/mol. The first-order chi connectivity index (χ1) is 9.47. The third kappa shape index (κ3) is 3.36. The Morgan fingerprint density at radius 3 is 2.45 bits per heavy atom. The Kier molecular flexibility index (Phi) is 4.39. The van der Waals surface area contributed by atoms with Crippen LogP contribution in [0.3, 0.4) is 0 Å². The van der Waals surface area contributed by atoms with Crippen molar-refractivity contribution in [3.63, 3.8) is 0 Å². The topological polar surface area (TPSA) is 55.2 Å². The summed E-state index contributed by atoms with van der Waals surface area (Å²) in [5.74, 6) is 0. The van der Waals surface area contributed by atoms with Gasteiger partial charge in [0.05, 0.1) is 4.92 Å². The van der Waals surface area contributed by atoms with Crippen LogP contribution in [0.2, 0.25) is 0 Å². The van der Waals surface area contributed by atoms with Crippen LogP contribution in [0.25, 0.3) is 0 Å². The number of anilines is 1. The molecule has 0 aliphatic heterocycles. The fraction of sp³-hybridized carbons (Fsp3) is 0.200. The van der Waals surface area contributed by atoms with Crippen molar-refractivity contribution in [1.82, 2.24) is 0 Å². The predicted octanol–water partition coefficient (Wildman–Crippen LogP) is 4.84. The highest BCUT2D eigenvalue weighted by Crippen LogP contribution is 2.31. The Bertz CT molecular complexity index is 626. The van der Waals surface area contributed by atoms with Gasteiger partial charge in [-0.25, -0.2) is 0 Å². The van der Waals surface area contributed by atoms with E-state index < -0.39 is 0 Å². The van der Waals surface area contributed by atoms with Gasteiger partial charge in [-0.05, 0) is 31.5 Å². The van der Waals surface area contributed by atoms with Gasteiger partial charge in [0, 0.05) is 16.6 Å². The maximum atomic E-state index is 11.0. The molecule has 5 heteroatoms. The molecule has 0 aliphatic carbocycles. The first kappa shape index (κ1) is 14.5. The molecule has 0 fully saturated rings. The SMILES string of the molecule is Cc1ccc(C(C)Nc2cc(Br)ccc2[N+](=O)[O-])cc1. The molecule has 20 heavy (non-hydrogen) atoms. The fourth-order valence-corrected chi connectivity index (χ4v) is 2.32. The van der Waals surface area contributed by atoms with Crippen LogP contribution in [-0.2, 0) is 0 Å². The highest BCUT2D eigenvalue weighted by molar-refractivity contribution is 9.10. The van der Waals surface area contributed by atoms with Gasteiger partial charge in [-0.2, -0.15) is 0 Å². The molecule has 2 aromatic carbocycles. The third-order valence-corrected chi connectivity index (χ3v) is 3.60. The molecule has 104 valence electrons. The van der Waals surface area contributed by atoms with E-state index in [1.165, 1.54) is 11.6 Å². The molecule has 0 spiro atoms. The monoisotopic (exact) mass is 334 g/mol. The summed E-state index contributed by atoms with van der Waals surface area (Å²) in [6.07, 6.45) is 0. The van der Waals surface area contributed by atoms with Crippen LogP contribution < -0.4 is 5.32 Å². The third-order valence-electron chi connectivity index (χ3n) is 3.10. The van der Waals surface area contributed by atoms with E-state index >= 15 is 0 Å². The lowest BCUT2D eigenvalue weighted by Gasteiger charge is -2.16. The number of halogens is 1. The zero-order valence-corrected chi connectivity index (χ0v) is 12.8. The molecule has 4 nitrogen and oxygen atoms in total. The number of hydrogen-bond donors (Lipinski definition) is 1. The maximum Gasteiger partial charge on any atom is 0.292 e. The van der Waals surface area contributed by atoms with Gasteiger partial charge in [-0.1, -0.05) is 45.8 Å². The molecule has 1 N–H and O–H groups in total. The van der Waals surface area contributed by atoms with Gasteiger partial charge in [0.15, 0.2) is 0 Å². The average molecular weight is 335 g/mol. The van der Waals surface area contributed by atoms with Gasteiger partial charge >= 0.3 is 0 Å². The summed E-state index contributed by atoms with van der Waals surface area (Å²) < 4.78 is 0.807. The Hall–Kier alpha value is -1.88. The minimum Gasteiger partial charge on any atom is -0.373 e. The first-order valence-electron chi connectivity index (χ1n) is 6.24. The second kappa shape index (κ2) is 6.05. The van der Waals surface area contributed by atoms with Crippen molar-refractivity contribution in [2.45, 2.75) is 19.9 Å². The molecule has 0 saturated heterocycles. The smallest absolute Gasteiger partial charge is 0.292 e. The Morgan fingerprint density at radius 2 is 1.85 bits per heavy atom. The number of aryl methyl sites for hydroxylation is 1. The lowest BCUT2D eigenvalue weighted by molar-refractivity contribution is -0.384. The highest BCUT2D eigenvalue weighted by atomic mass is 79.9. The minimum absolute atomic E-state index is 0.0106. The van der Waals surface area contributed by atoms with Crippen molar-refractivity contribution in [3.05, 3.63) is 68.2 Å². The second-order valence-corrected chi connectivity index (χ2v) is 5.61. The molecule has 0 aromatic heterocycles. The summed E-state index contributed by atoms with van der Waals surface area (Å²) in [7, 11) is 0. The lowest BCUT2D eigenvalue weighted by atomic mass is 10.1. The fourth-order valence-electron chi connectivity index (χ4n) is 1.95. The summed E-state index contributed by atoms with van der Waals surface area (Å²) in [6.45, 7) is 4.01. The quantitative estimate of drug-likeness (QED) is 0.642. The van der Waals surface area contributed by atoms with Crippen molar-refractivity contribution in [2.75, 3.05) is 5.32 Å². The lowest BCUT2D eigenvalue weighted by Crippen LogP contribution is -2.08. The Labute approximate surface area is 126 Å². The molecule has 0 bridgehead atoms. The summed E-state index contributed by atoms with van der Waals surface area (Å²) >= 11 is 3.34. The highest BCUT2D eigenvalue weighted by Gasteiger charge is 2.16. The van der Waals surface area contributed by atoms with E-state index in [2.05, 4.69) is 21.2 Å². The molecule has 1 unspecified atom stereocenters. The molecular formula is C15H15BrN2O2. The van der Waals surface area contributed by atoms with Gasteiger partial charge < -0.3 is 5.32 Å². The number of nitro groups is 1. The van der Waals surface area contributed by atoms with Crippen LogP contribution in [0.15, 0.2) is 46.9 Å². The van der Waals surface area contributed by atoms with Gasteiger partial charge in [0.2, 0.25) is 0 Å². The van der Waals surface area contributed by atoms with Crippen LogP contribution in [-0.4, -0.2) is 4.92 Å². The van der Waals surface area contributed by atoms with Gasteiger partial charge in [0.25, 0.3) is 5.69 Å². The van der Waals surface area contributed by atoms with Gasteiger partial charge in [-0.15, -0.1) is 0 Å². The van der Waals surface area contributed by atoms with Crippen molar-refractivity contribution in [1.29, 1.82) is 0 Å². The number of nitrogens with one attached hydrogen (secondary N) is 1. The number of benzene rings is 2. The van der Waals surface area contributed by atoms with Gasteiger partial charge in [-0.3, -0.25) is 10.1 Å². The average Bonchev–Trinajstić information content (AvgIpc) is 2.39. The summed E-state index contributed by atoms with van der Waals surface area (Å²) in [5, 5.41) is 14.2. The van der Waals surface area contributed by atoms with E-state index in [0.717, 1.165) is 10.0 Å². The van der Waals surface area contributed by atoms with Crippen molar-refractivity contribution in [2.24, 2.45) is 0 Å². The minimum atomic E-state index is -0.378. The Morgan fingerprint density at radius 1 is 1.20 bits per heavy atom. The molecule has 2 rings (SSSR count). The molecule has 0 radical (unpaired) electrons. The predicted molar refractivity (Wildman–Crippen MR) is 84.0 cm³/mol. The number of nitrogens with zero attached hydrogens (tertiary/aromatic N) is 1. The van der Waals surface area contributed by atoms with Crippen molar-refractivity contribution < 1.29 is 4.92 Å². The second-order valence-electron chi connectivity index (χ2n) is 4.70. The normalized spacial score (nSPS) is 11.9. The molecule has 1 atom stereocenters. The van der Waals surface area contributed by atoms with E-state index in [4.69, 9.17) is 0 Å². The zero-order valence-electron chi connectivity index (χ0n) is 11.3.